The van der Waals surface area contributed by atoms with E-state index in [1.807, 2.05) is 18.7 Å². The van der Waals surface area contributed by atoms with Crippen molar-refractivity contribution in [2.75, 3.05) is 19.8 Å². The fourth-order valence-electron chi connectivity index (χ4n) is 4.61. The van der Waals surface area contributed by atoms with E-state index in [4.69, 9.17) is 21.7 Å². The van der Waals surface area contributed by atoms with Crippen LogP contribution in [0, 0.1) is 5.82 Å². The third-order valence-corrected chi connectivity index (χ3v) is 8.33. The first-order valence-corrected chi connectivity index (χ1v) is 14.6. The number of ether oxygens (including phenoxy) is 2. The number of benzene rings is 1. The summed E-state index contributed by atoms with van der Waals surface area (Å²) < 4.78 is 53.7. The van der Waals surface area contributed by atoms with Gasteiger partial charge < -0.3 is 24.3 Å². The summed E-state index contributed by atoms with van der Waals surface area (Å²) in [7, 11) is -3.79. The Morgan fingerprint density at radius 2 is 1.86 bits per heavy atom. The molecule has 0 spiro atoms. The highest BCUT2D eigenvalue weighted by atomic mass is 32.2. The molecule has 4 rings (SSSR count). The van der Waals surface area contributed by atoms with Crippen molar-refractivity contribution in [2.24, 2.45) is 0 Å². The van der Waals surface area contributed by atoms with Crippen molar-refractivity contribution in [3.63, 3.8) is 0 Å². The Morgan fingerprint density at radius 1 is 1.19 bits per heavy atom. The van der Waals surface area contributed by atoms with Gasteiger partial charge in [-0.2, -0.15) is 0 Å². The topological polar surface area (TPSA) is 85.7 Å². The minimum Gasteiger partial charge on any atom is -0.376 e. The van der Waals surface area contributed by atoms with Crippen LogP contribution in [-0.2, 0) is 38.2 Å². The van der Waals surface area contributed by atoms with Crippen molar-refractivity contribution in [2.45, 2.75) is 81.8 Å². The highest BCUT2D eigenvalue weighted by molar-refractivity contribution is 7.90. The maximum Gasteiger partial charge on any atom is 0.228 e. The molecule has 1 aromatic heterocycles. The van der Waals surface area contributed by atoms with Crippen LogP contribution >= 0.6 is 12.2 Å². The van der Waals surface area contributed by atoms with Gasteiger partial charge in [-0.15, -0.1) is 0 Å². The molecule has 0 amide bonds. The summed E-state index contributed by atoms with van der Waals surface area (Å²) in [6.45, 7) is 6.86. The molecule has 0 bridgehead atoms. The minimum absolute atomic E-state index is 0.00266. The molecule has 36 heavy (non-hydrogen) atoms. The molecular formula is C25H35FN4O4S2. The second-order valence-electron chi connectivity index (χ2n) is 9.78. The summed E-state index contributed by atoms with van der Waals surface area (Å²) >= 11 is 5.71. The number of rotatable bonds is 10. The van der Waals surface area contributed by atoms with Gasteiger partial charge in [0.1, 0.15) is 5.82 Å². The lowest BCUT2D eigenvalue weighted by Gasteiger charge is -2.30. The van der Waals surface area contributed by atoms with E-state index in [1.54, 1.807) is 10.8 Å². The van der Waals surface area contributed by atoms with Crippen LogP contribution < -0.4 is 5.32 Å². The molecule has 8 nitrogen and oxygen atoms in total. The number of nitrogens with one attached hydrogen (secondary N) is 1. The van der Waals surface area contributed by atoms with E-state index in [9.17, 15) is 12.8 Å². The number of imidazole rings is 1. The number of aromatic nitrogens is 2. The molecule has 3 heterocycles. The van der Waals surface area contributed by atoms with Crippen molar-refractivity contribution in [3.05, 3.63) is 47.5 Å². The average Bonchev–Trinajstić information content (AvgIpc) is 3.58. The first kappa shape index (κ1) is 27.0. The van der Waals surface area contributed by atoms with E-state index in [-0.39, 0.29) is 29.2 Å². The second kappa shape index (κ2) is 12.0. The summed E-state index contributed by atoms with van der Waals surface area (Å²) in [5.74, 6) is -0.669. The zero-order valence-electron chi connectivity index (χ0n) is 20.9. The molecule has 198 valence electrons. The number of hydrogen-bond donors (Lipinski definition) is 1. The number of nitrogens with zero attached hydrogens (tertiary/aromatic N) is 3. The summed E-state index contributed by atoms with van der Waals surface area (Å²) in [5, 5.41) is 3.90. The highest BCUT2D eigenvalue weighted by Crippen LogP contribution is 2.23. The molecule has 0 aliphatic carbocycles. The summed E-state index contributed by atoms with van der Waals surface area (Å²) in [6, 6.07) is 5.66. The van der Waals surface area contributed by atoms with E-state index in [2.05, 4.69) is 10.3 Å². The van der Waals surface area contributed by atoms with Crippen molar-refractivity contribution in [1.29, 1.82) is 0 Å². The Morgan fingerprint density at radius 3 is 2.47 bits per heavy atom. The van der Waals surface area contributed by atoms with Gasteiger partial charge in [0, 0.05) is 25.8 Å². The SMILES string of the molecule is CC(C)NC(=S)N(Cc1cnc(S(=O)(=O)Cc2ccc(F)cc2)n1C[C@@H]1CCCO1)C[C@@H]1CCCO1. The molecule has 2 saturated heterocycles. The Bertz CT molecular complexity index is 1130. The Hall–Kier alpha value is -2.08. The lowest BCUT2D eigenvalue weighted by atomic mass is 10.2. The molecule has 0 unspecified atom stereocenters. The van der Waals surface area contributed by atoms with Crippen LogP contribution in [0.4, 0.5) is 4.39 Å². The lowest BCUT2D eigenvalue weighted by molar-refractivity contribution is 0.0861. The maximum absolute atomic E-state index is 13.4. The summed E-state index contributed by atoms with van der Waals surface area (Å²) in [5.41, 5.74) is 1.25. The van der Waals surface area contributed by atoms with Crippen LogP contribution in [0.1, 0.15) is 50.8 Å². The Kier molecular flexibility index (Phi) is 8.97. The van der Waals surface area contributed by atoms with Crippen LogP contribution in [0.25, 0.3) is 0 Å². The number of halogens is 1. The largest absolute Gasteiger partial charge is 0.376 e. The summed E-state index contributed by atoms with van der Waals surface area (Å²) in [6.07, 6.45) is 5.41. The van der Waals surface area contributed by atoms with E-state index in [0.29, 0.717) is 36.9 Å². The second-order valence-corrected chi connectivity index (χ2v) is 12.1. The smallest absolute Gasteiger partial charge is 0.228 e. The van der Waals surface area contributed by atoms with Crippen LogP contribution in [-0.4, -0.2) is 66.0 Å². The van der Waals surface area contributed by atoms with E-state index in [1.165, 1.54) is 24.3 Å². The van der Waals surface area contributed by atoms with E-state index >= 15 is 0 Å². The van der Waals surface area contributed by atoms with Gasteiger partial charge in [0.05, 0.1) is 42.9 Å². The fraction of sp³-hybridized carbons (Fsp3) is 0.600. The Labute approximate surface area is 218 Å². The first-order valence-electron chi connectivity index (χ1n) is 12.5. The number of hydrogen-bond acceptors (Lipinski definition) is 6. The van der Waals surface area contributed by atoms with Crippen molar-refractivity contribution >= 4 is 27.2 Å². The first-order chi connectivity index (χ1) is 17.2. The zero-order chi connectivity index (χ0) is 25.7. The number of thiocarbonyl (C=S) groups is 1. The molecule has 1 aromatic carbocycles. The van der Waals surface area contributed by atoms with Gasteiger partial charge in [-0.05, 0) is 69.4 Å². The third-order valence-electron chi connectivity index (χ3n) is 6.36. The third kappa shape index (κ3) is 7.02. The van der Waals surface area contributed by atoms with Crippen LogP contribution in [0.3, 0.4) is 0 Å². The van der Waals surface area contributed by atoms with Gasteiger partial charge in [-0.1, -0.05) is 12.1 Å². The molecule has 2 aliphatic heterocycles. The Balaban J connectivity index is 1.62. The van der Waals surface area contributed by atoms with Gasteiger partial charge in [0.15, 0.2) is 5.11 Å². The molecule has 2 fully saturated rings. The molecule has 11 heteroatoms. The maximum atomic E-state index is 13.4. The number of sulfone groups is 1. The predicted octanol–water partition coefficient (Wildman–Crippen LogP) is 3.44. The quantitative estimate of drug-likeness (QED) is 0.461. The van der Waals surface area contributed by atoms with Crippen LogP contribution in [0.2, 0.25) is 0 Å². The predicted molar refractivity (Wildman–Crippen MR) is 139 cm³/mol. The molecule has 0 saturated carbocycles. The molecule has 2 aromatic rings. The molecule has 0 radical (unpaired) electrons. The van der Waals surface area contributed by atoms with Gasteiger partial charge in [-0.3, -0.25) is 0 Å². The molecule has 2 atom stereocenters. The summed E-state index contributed by atoms with van der Waals surface area (Å²) in [4.78, 5) is 6.40. The van der Waals surface area contributed by atoms with Gasteiger partial charge >= 0.3 is 0 Å². The standard InChI is InChI=1S/C25H35FN4O4S2/c1-18(2)28-24(35)29(15-22-5-3-11-33-22)14-21-13-27-25(30(21)16-23-6-4-12-34-23)36(31,32)17-19-7-9-20(26)10-8-19/h7-10,13,18,22-23H,3-6,11-12,14-17H2,1-2H3,(H,28,35)/t22-,23-/m0/s1. The molecule has 1 N–H and O–H groups in total. The zero-order valence-corrected chi connectivity index (χ0v) is 22.5. The molecular weight excluding hydrogens is 503 g/mol. The monoisotopic (exact) mass is 538 g/mol. The van der Waals surface area contributed by atoms with E-state index in [0.717, 1.165) is 38.0 Å². The lowest BCUT2D eigenvalue weighted by Crippen LogP contribution is -2.45. The molecule has 2 aliphatic rings. The van der Waals surface area contributed by atoms with Crippen LogP contribution in [0.5, 0.6) is 0 Å². The van der Waals surface area contributed by atoms with Crippen molar-refractivity contribution < 1.29 is 22.3 Å². The normalized spacial score (nSPS) is 20.2. The van der Waals surface area contributed by atoms with E-state index < -0.39 is 15.7 Å². The minimum atomic E-state index is -3.79. The van der Waals surface area contributed by atoms with Crippen LogP contribution in [0.15, 0.2) is 35.6 Å². The fourth-order valence-corrected chi connectivity index (χ4v) is 6.48. The van der Waals surface area contributed by atoms with Crippen molar-refractivity contribution in [3.8, 4) is 0 Å². The average molecular weight is 539 g/mol. The van der Waals surface area contributed by atoms with Crippen molar-refractivity contribution in [1.82, 2.24) is 19.8 Å². The van der Waals surface area contributed by atoms with Gasteiger partial charge in [0.25, 0.3) is 0 Å². The van der Waals surface area contributed by atoms with Gasteiger partial charge in [0.2, 0.25) is 15.0 Å². The van der Waals surface area contributed by atoms with Gasteiger partial charge in [-0.25, -0.2) is 17.8 Å². The highest BCUT2D eigenvalue weighted by Gasteiger charge is 2.29.